The van der Waals surface area contributed by atoms with Crippen LogP contribution >= 0.6 is 0 Å². The fourth-order valence-electron chi connectivity index (χ4n) is 4.33. The van der Waals surface area contributed by atoms with E-state index in [9.17, 15) is 9.59 Å². The predicted octanol–water partition coefficient (Wildman–Crippen LogP) is 2.21. The fraction of sp³-hybridized carbons (Fsp3) is 0.417. The molecular formula is C24H30N6O2. The van der Waals surface area contributed by atoms with Crippen molar-refractivity contribution in [1.82, 2.24) is 24.5 Å². The minimum Gasteiger partial charge on any atom is -0.369 e. The van der Waals surface area contributed by atoms with Crippen LogP contribution in [0.15, 0.2) is 53.6 Å². The van der Waals surface area contributed by atoms with Gasteiger partial charge < -0.3 is 9.80 Å². The van der Waals surface area contributed by atoms with E-state index in [2.05, 4.69) is 15.1 Å². The van der Waals surface area contributed by atoms with Crippen LogP contribution in [0.2, 0.25) is 0 Å². The highest BCUT2D eigenvalue weighted by molar-refractivity contribution is 5.79. The van der Waals surface area contributed by atoms with Crippen molar-refractivity contribution in [2.24, 2.45) is 13.0 Å². The Morgan fingerprint density at radius 3 is 2.72 bits per heavy atom. The number of aromatic nitrogens is 4. The van der Waals surface area contributed by atoms with Gasteiger partial charge in [0.15, 0.2) is 0 Å². The Morgan fingerprint density at radius 1 is 1.25 bits per heavy atom. The zero-order chi connectivity index (χ0) is 22.7. The van der Waals surface area contributed by atoms with Crippen LogP contribution in [0.25, 0.3) is 0 Å². The molecule has 1 aromatic carbocycles. The summed E-state index contributed by atoms with van der Waals surface area (Å²) in [5, 5.41) is 8.74. The fourth-order valence-corrected chi connectivity index (χ4v) is 4.33. The van der Waals surface area contributed by atoms with Crippen molar-refractivity contribution < 1.29 is 4.79 Å². The van der Waals surface area contributed by atoms with E-state index in [0.29, 0.717) is 19.6 Å². The zero-order valence-electron chi connectivity index (χ0n) is 18.9. The molecule has 1 saturated heterocycles. The monoisotopic (exact) mass is 434 g/mol. The summed E-state index contributed by atoms with van der Waals surface area (Å²) in [6.45, 7) is 4.37. The molecule has 1 unspecified atom stereocenters. The number of hydrogen-bond acceptors (Lipinski definition) is 5. The van der Waals surface area contributed by atoms with Gasteiger partial charge in [0.2, 0.25) is 5.91 Å². The quantitative estimate of drug-likeness (QED) is 0.595. The molecule has 168 valence electrons. The SMILES string of the molecule is Cc1nn(C)cc1CN(C)C(=O)C1CCCN(c2cnn(Cc3ccccc3)c(=O)c2)C1. The summed E-state index contributed by atoms with van der Waals surface area (Å²) in [6, 6.07) is 11.4. The highest BCUT2D eigenvalue weighted by atomic mass is 16.2. The van der Waals surface area contributed by atoms with Gasteiger partial charge in [-0.1, -0.05) is 30.3 Å². The number of aryl methyl sites for hydroxylation is 2. The summed E-state index contributed by atoms with van der Waals surface area (Å²) in [6.07, 6.45) is 5.45. The van der Waals surface area contributed by atoms with Crippen LogP contribution in [0.3, 0.4) is 0 Å². The molecule has 0 aliphatic carbocycles. The number of carbonyl (C=O) groups is 1. The average molecular weight is 435 g/mol. The Hall–Kier alpha value is -3.42. The Morgan fingerprint density at radius 2 is 2.03 bits per heavy atom. The molecule has 1 aliphatic heterocycles. The number of amides is 1. The second-order valence-corrected chi connectivity index (χ2v) is 8.59. The van der Waals surface area contributed by atoms with E-state index in [1.54, 1.807) is 21.8 Å². The van der Waals surface area contributed by atoms with Gasteiger partial charge in [0, 0.05) is 51.6 Å². The van der Waals surface area contributed by atoms with E-state index >= 15 is 0 Å². The van der Waals surface area contributed by atoms with Gasteiger partial charge in [0.25, 0.3) is 5.56 Å². The molecule has 32 heavy (non-hydrogen) atoms. The van der Waals surface area contributed by atoms with Crippen molar-refractivity contribution in [3.8, 4) is 0 Å². The third-order valence-electron chi connectivity index (χ3n) is 6.06. The summed E-state index contributed by atoms with van der Waals surface area (Å²) in [5.74, 6) is 0.0285. The molecule has 1 aliphatic rings. The van der Waals surface area contributed by atoms with Crippen LogP contribution in [-0.2, 0) is 24.9 Å². The second kappa shape index (κ2) is 9.38. The van der Waals surface area contributed by atoms with E-state index in [0.717, 1.165) is 41.9 Å². The molecule has 0 radical (unpaired) electrons. The Labute approximate surface area is 188 Å². The summed E-state index contributed by atoms with van der Waals surface area (Å²) >= 11 is 0. The van der Waals surface area contributed by atoms with Crippen molar-refractivity contribution in [1.29, 1.82) is 0 Å². The van der Waals surface area contributed by atoms with Crippen molar-refractivity contribution in [2.75, 3.05) is 25.0 Å². The first-order valence-corrected chi connectivity index (χ1v) is 11.0. The van der Waals surface area contributed by atoms with Crippen LogP contribution in [0.5, 0.6) is 0 Å². The minimum absolute atomic E-state index is 0.0996. The summed E-state index contributed by atoms with van der Waals surface area (Å²) < 4.78 is 3.24. The van der Waals surface area contributed by atoms with E-state index in [1.165, 1.54) is 4.68 Å². The van der Waals surface area contributed by atoms with Crippen LogP contribution in [0.4, 0.5) is 5.69 Å². The summed E-state index contributed by atoms with van der Waals surface area (Å²) in [5.41, 5.74) is 3.68. The molecule has 4 rings (SSSR count). The number of rotatable bonds is 6. The molecule has 2 aromatic heterocycles. The summed E-state index contributed by atoms with van der Waals surface area (Å²) in [4.78, 5) is 29.6. The second-order valence-electron chi connectivity index (χ2n) is 8.59. The molecular weight excluding hydrogens is 404 g/mol. The zero-order valence-corrected chi connectivity index (χ0v) is 18.9. The van der Waals surface area contributed by atoms with Gasteiger partial charge in [0.1, 0.15) is 0 Å². The standard InChI is InChI=1S/C24H30N6O2/c1-18-21(16-28(3)26-18)15-27(2)24(32)20-10-7-11-29(17-20)22-12-23(31)30(25-13-22)14-19-8-5-4-6-9-19/h4-6,8-9,12-13,16,20H,7,10-11,14-15,17H2,1-3H3. The minimum atomic E-state index is -0.135. The third-order valence-corrected chi connectivity index (χ3v) is 6.06. The highest BCUT2D eigenvalue weighted by Gasteiger charge is 2.29. The average Bonchev–Trinajstić information content (AvgIpc) is 3.11. The van der Waals surface area contributed by atoms with Gasteiger partial charge >= 0.3 is 0 Å². The van der Waals surface area contributed by atoms with Crippen LogP contribution in [0.1, 0.15) is 29.7 Å². The lowest BCUT2D eigenvalue weighted by atomic mass is 9.96. The lowest BCUT2D eigenvalue weighted by molar-refractivity contribution is -0.135. The van der Waals surface area contributed by atoms with Gasteiger partial charge in [-0.3, -0.25) is 14.3 Å². The van der Waals surface area contributed by atoms with E-state index in [-0.39, 0.29) is 17.4 Å². The Kier molecular flexibility index (Phi) is 6.39. The molecule has 3 aromatic rings. The number of nitrogens with zero attached hydrogens (tertiary/aromatic N) is 6. The molecule has 0 saturated carbocycles. The molecule has 1 fully saturated rings. The Bertz CT molecular complexity index is 1140. The number of benzene rings is 1. The van der Waals surface area contributed by atoms with Gasteiger partial charge in [-0.15, -0.1) is 0 Å². The molecule has 1 amide bonds. The maximum Gasteiger partial charge on any atom is 0.269 e. The number of hydrogen-bond donors (Lipinski definition) is 0. The number of anilines is 1. The van der Waals surface area contributed by atoms with E-state index in [4.69, 9.17) is 0 Å². The first-order valence-electron chi connectivity index (χ1n) is 11.0. The predicted molar refractivity (Wildman–Crippen MR) is 123 cm³/mol. The van der Waals surface area contributed by atoms with Gasteiger partial charge in [-0.05, 0) is 25.3 Å². The van der Waals surface area contributed by atoms with Gasteiger partial charge in [0.05, 0.1) is 30.0 Å². The first-order chi connectivity index (χ1) is 15.4. The van der Waals surface area contributed by atoms with Crippen molar-refractivity contribution >= 4 is 11.6 Å². The smallest absolute Gasteiger partial charge is 0.269 e. The van der Waals surface area contributed by atoms with Gasteiger partial charge in [-0.25, -0.2) is 4.68 Å². The van der Waals surface area contributed by atoms with Crippen molar-refractivity contribution in [3.63, 3.8) is 0 Å². The van der Waals surface area contributed by atoms with E-state index < -0.39 is 0 Å². The van der Waals surface area contributed by atoms with Crippen molar-refractivity contribution in [2.45, 2.75) is 32.9 Å². The Balaban J connectivity index is 1.42. The molecule has 8 heteroatoms. The third kappa shape index (κ3) is 4.90. The molecule has 8 nitrogen and oxygen atoms in total. The number of piperidine rings is 1. The molecule has 0 spiro atoms. The number of carbonyl (C=O) groups excluding carboxylic acids is 1. The largest absolute Gasteiger partial charge is 0.369 e. The van der Waals surface area contributed by atoms with Crippen molar-refractivity contribution in [3.05, 3.63) is 76.0 Å². The summed E-state index contributed by atoms with van der Waals surface area (Å²) in [7, 11) is 3.74. The highest BCUT2D eigenvalue weighted by Crippen LogP contribution is 2.24. The maximum atomic E-state index is 13.1. The molecule has 3 heterocycles. The maximum absolute atomic E-state index is 13.1. The van der Waals surface area contributed by atoms with Crippen LogP contribution in [-0.4, -0.2) is 50.5 Å². The van der Waals surface area contributed by atoms with E-state index in [1.807, 2.05) is 57.5 Å². The first kappa shape index (κ1) is 21.8. The molecule has 0 bridgehead atoms. The molecule has 0 N–H and O–H groups in total. The lowest BCUT2D eigenvalue weighted by Gasteiger charge is -2.35. The lowest BCUT2D eigenvalue weighted by Crippen LogP contribution is -2.44. The molecule has 1 atom stereocenters. The normalized spacial score (nSPS) is 16.2. The topological polar surface area (TPSA) is 76.3 Å². The van der Waals surface area contributed by atoms with Gasteiger partial charge in [-0.2, -0.15) is 10.2 Å². The van der Waals surface area contributed by atoms with Crippen LogP contribution < -0.4 is 10.5 Å². The van der Waals surface area contributed by atoms with Crippen LogP contribution in [0, 0.1) is 12.8 Å².